The molecule has 0 aromatic heterocycles. The van der Waals surface area contributed by atoms with E-state index in [1.54, 1.807) is 0 Å². The second-order valence-electron chi connectivity index (χ2n) is 10.7. The Bertz CT molecular complexity index is 766. The van der Waals surface area contributed by atoms with Gasteiger partial charge < -0.3 is 24.1 Å². The molecule has 0 aromatic rings. The van der Waals surface area contributed by atoms with E-state index in [0.29, 0.717) is 31.3 Å². The molecule has 2 spiro atoms. The summed E-state index contributed by atoms with van der Waals surface area (Å²) < 4.78 is 24.1. The predicted octanol–water partition coefficient (Wildman–Crippen LogP) is 2.93. The van der Waals surface area contributed by atoms with Crippen molar-refractivity contribution in [2.45, 2.75) is 76.3 Å². The Kier molecular flexibility index (Phi) is 3.86. The third-order valence-electron chi connectivity index (χ3n) is 9.90. The van der Waals surface area contributed by atoms with Gasteiger partial charge in [0.25, 0.3) is 0 Å². The SMILES string of the molecule is C[C@]12CCC(=O)C=C1CC[C@@H]1[C@@H]2C(O)C[C@@]2(C)[C@H]1CC[C@@]21OCOC12COCO2. The van der Waals surface area contributed by atoms with E-state index in [-0.39, 0.29) is 36.1 Å². The summed E-state index contributed by atoms with van der Waals surface area (Å²) in [5.41, 5.74) is 0.423. The molecule has 3 saturated carbocycles. The number of aliphatic hydroxyl groups is 1. The molecule has 2 saturated heterocycles. The molecule has 4 aliphatic carbocycles. The van der Waals surface area contributed by atoms with Gasteiger partial charge in [-0.1, -0.05) is 19.4 Å². The summed E-state index contributed by atoms with van der Waals surface area (Å²) in [6.45, 7) is 5.44. The number of rotatable bonds is 0. The zero-order valence-electron chi connectivity index (χ0n) is 17.4. The average molecular weight is 405 g/mol. The fourth-order valence-corrected chi connectivity index (χ4v) is 8.66. The number of carbonyl (C=O) groups is 1. The first-order valence-electron chi connectivity index (χ1n) is 11.3. The van der Waals surface area contributed by atoms with Crippen molar-refractivity contribution >= 4 is 5.78 Å². The van der Waals surface area contributed by atoms with Crippen LogP contribution in [-0.4, -0.2) is 48.6 Å². The highest BCUT2D eigenvalue weighted by Crippen LogP contribution is 2.71. The van der Waals surface area contributed by atoms with Crippen molar-refractivity contribution in [3.05, 3.63) is 11.6 Å². The molecule has 0 radical (unpaired) electrons. The number of allylic oxidation sites excluding steroid dienone is 1. The highest BCUT2D eigenvalue weighted by Gasteiger charge is 2.76. The molecule has 0 aromatic carbocycles. The van der Waals surface area contributed by atoms with Gasteiger partial charge >= 0.3 is 0 Å². The van der Waals surface area contributed by atoms with Gasteiger partial charge in [0.1, 0.15) is 12.2 Å². The van der Waals surface area contributed by atoms with Crippen LogP contribution in [0.2, 0.25) is 0 Å². The van der Waals surface area contributed by atoms with Crippen molar-refractivity contribution in [3.63, 3.8) is 0 Å². The van der Waals surface area contributed by atoms with E-state index in [4.69, 9.17) is 18.9 Å². The van der Waals surface area contributed by atoms with Crippen LogP contribution in [0.4, 0.5) is 0 Å². The Morgan fingerprint density at radius 3 is 2.69 bits per heavy atom. The summed E-state index contributed by atoms with van der Waals surface area (Å²) in [6, 6.07) is 0. The van der Waals surface area contributed by atoms with Gasteiger partial charge in [-0.25, -0.2) is 0 Å². The lowest BCUT2D eigenvalue weighted by atomic mass is 9.45. The Morgan fingerprint density at radius 1 is 1.07 bits per heavy atom. The lowest BCUT2D eigenvalue weighted by molar-refractivity contribution is -0.257. The van der Waals surface area contributed by atoms with Crippen LogP contribution in [0, 0.1) is 28.6 Å². The van der Waals surface area contributed by atoms with Crippen molar-refractivity contribution < 1.29 is 28.8 Å². The summed E-state index contributed by atoms with van der Waals surface area (Å²) in [5.74, 6) is 0.506. The number of ether oxygens (including phenoxy) is 4. The van der Waals surface area contributed by atoms with E-state index in [0.717, 1.165) is 32.1 Å². The number of fused-ring (bicyclic) bond motifs is 7. The monoisotopic (exact) mass is 404 g/mol. The maximum atomic E-state index is 12.1. The van der Waals surface area contributed by atoms with Crippen molar-refractivity contribution in [3.8, 4) is 0 Å². The molecule has 0 bridgehead atoms. The Morgan fingerprint density at radius 2 is 1.90 bits per heavy atom. The van der Waals surface area contributed by atoms with E-state index in [9.17, 15) is 9.90 Å². The predicted molar refractivity (Wildman–Crippen MR) is 103 cm³/mol. The normalized spacial score (nSPS) is 56.4. The Balaban J connectivity index is 1.41. The van der Waals surface area contributed by atoms with E-state index in [2.05, 4.69) is 13.8 Å². The number of aliphatic hydroxyl groups excluding tert-OH is 1. The van der Waals surface area contributed by atoms with Crippen molar-refractivity contribution in [1.29, 1.82) is 0 Å². The van der Waals surface area contributed by atoms with Crippen LogP contribution >= 0.6 is 0 Å². The standard InChI is InChI=1S/C23H32O6/c1-20-7-5-15(24)9-14(20)3-4-16-17-6-8-22(21(17,2)10-18(25)19(16)20)23(29-13-27-22)11-26-12-28-23/h9,16-19,25H,3-8,10-13H2,1-2H3/t16-,17-,18?,19+,20-,21-,22+,23?/m0/s1. The quantitative estimate of drug-likeness (QED) is 0.669. The van der Waals surface area contributed by atoms with Crippen molar-refractivity contribution in [2.24, 2.45) is 28.6 Å². The molecule has 160 valence electrons. The molecule has 6 nitrogen and oxygen atoms in total. The van der Waals surface area contributed by atoms with Crippen LogP contribution in [0.3, 0.4) is 0 Å². The minimum atomic E-state index is -0.843. The number of carbonyl (C=O) groups excluding carboxylic acids is 1. The lowest BCUT2D eigenvalue weighted by Crippen LogP contribution is -2.66. The number of ketones is 1. The van der Waals surface area contributed by atoms with Gasteiger partial charge in [0.05, 0.1) is 6.10 Å². The van der Waals surface area contributed by atoms with E-state index < -0.39 is 17.5 Å². The fourth-order valence-electron chi connectivity index (χ4n) is 8.66. The number of hydrogen-bond acceptors (Lipinski definition) is 6. The average Bonchev–Trinajstić information content (AvgIpc) is 3.37. The second-order valence-corrected chi connectivity index (χ2v) is 10.7. The third kappa shape index (κ3) is 2.13. The molecule has 6 heteroatoms. The summed E-state index contributed by atoms with van der Waals surface area (Å²) in [4.78, 5) is 12.1. The molecule has 8 atom stereocenters. The molecule has 6 rings (SSSR count). The third-order valence-corrected chi connectivity index (χ3v) is 9.90. The van der Waals surface area contributed by atoms with Gasteiger partial charge in [-0.05, 0) is 67.8 Å². The van der Waals surface area contributed by atoms with Crippen LogP contribution in [0.1, 0.15) is 58.8 Å². The molecular weight excluding hydrogens is 372 g/mol. The topological polar surface area (TPSA) is 74.2 Å². The van der Waals surface area contributed by atoms with E-state index in [1.807, 2.05) is 6.08 Å². The lowest BCUT2D eigenvalue weighted by Gasteiger charge is -2.61. The van der Waals surface area contributed by atoms with Crippen molar-refractivity contribution in [1.82, 2.24) is 0 Å². The highest BCUT2D eigenvalue weighted by molar-refractivity contribution is 5.91. The van der Waals surface area contributed by atoms with Gasteiger partial charge in [-0.2, -0.15) is 0 Å². The van der Waals surface area contributed by atoms with Crippen LogP contribution in [0.25, 0.3) is 0 Å². The first-order chi connectivity index (χ1) is 13.9. The summed E-state index contributed by atoms with van der Waals surface area (Å²) >= 11 is 0. The minimum Gasteiger partial charge on any atom is -0.393 e. The Hall–Kier alpha value is -0.790. The zero-order valence-corrected chi connectivity index (χ0v) is 17.4. The molecule has 6 aliphatic rings. The maximum Gasteiger partial charge on any atom is 0.226 e. The van der Waals surface area contributed by atoms with Crippen LogP contribution in [-0.2, 0) is 23.7 Å². The molecular formula is C23H32O6. The molecule has 2 heterocycles. The van der Waals surface area contributed by atoms with Gasteiger partial charge in [0.15, 0.2) is 19.4 Å². The Labute approximate surface area is 171 Å². The molecule has 5 fully saturated rings. The van der Waals surface area contributed by atoms with Gasteiger partial charge in [-0.15, -0.1) is 0 Å². The second kappa shape index (κ2) is 5.92. The first kappa shape index (κ1) is 18.9. The van der Waals surface area contributed by atoms with Crippen LogP contribution < -0.4 is 0 Å². The molecule has 2 aliphatic heterocycles. The summed E-state index contributed by atoms with van der Waals surface area (Å²) in [5, 5.41) is 11.6. The van der Waals surface area contributed by atoms with Gasteiger partial charge in [0.2, 0.25) is 5.79 Å². The zero-order chi connectivity index (χ0) is 20.1. The summed E-state index contributed by atoms with van der Waals surface area (Å²) in [7, 11) is 0. The molecule has 29 heavy (non-hydrogen) atoms. The van der Waals surface area contributed by atoms with Gasteiger partial charge in [-0.3, -0.25) is 4.79 Å². The van der Waals surface area contributed by atoms with Crippen LogP contribution in [0.5, 0.6) is 0 Å². The minimum absolute atomic E-state index is 0.0645. The largest absolute Gasteiger partial charge is 0.393 e. The molecule has 2 unspecified atom stereocenters. The summed E-state index contributed by atoms with van der Waals surface area (Å²) in [6.07, 6.45) is 7.58. The first-order valence-corrected chi connectivity index (χ1v) is 11.3. The molecule has 1 N–H and O–H groups in total. The van der Waals surface area contributed by atoms with Gasteiger partial charge in [0, 0.05) is 11.8 Å². The number of hydrogen-bond donors (Lipinski definition) is 1. The molecule has 0 amide bonds. The van der Waals surface area contributed by atoms with E-state index >= 15 is 0 Å². The highest BCUT2D eigenvalue weighted by atomic mass is 16.9. The van der Waals surface area contributed by atoms with E-state index in [1.165, 1.54) is 5.57 Å². The maximum absolute atomic E-state index is 12.1. The van der Waals surface area contributed by atoms with Crippen LogP contribution in [0.15, 0.2) is 11.6 Å². The fraction of sp³-hybridized carbons (Fsp3) is 0.870. The smallest absolute Gasteiger partial charge is 0.226 e. The van der Waals surface area contributed by atoms with Crippen molar-refractivity contribution in [2.75, 3.05) is 20.2 Å².